The van der Waals surface area contributed by atoms with Crippen molar-refractivity contribution in [3.05, 3.63) is 53.9 Å². The van der Waals surface area contributed by atoms with E-state index in [1.807, 2.05) is 0 Å². The average molecular weight is 282 g/mol. The van der Waals surface area contributed by atoms with Gasteiger partial charge in [-0.1, -0.05) is 12.1 Å². The molecule has 0 spiro atoms. The van der Waals surface area contributed by atoms with Gasteiger partial charge in [-0.15, -0.1) is 0 Å². The highest BCUT2D eigenvalue weighted by Crippen LogP contribution is 2.29. The van der Waals surface area contributed by atoms with Gasteiger partial charge in [0.25, 0.3) is 0 Å². The van der Waals surface area contributed by atoms with E-state index in [4.69, 9.17) is 5.11 Å². The number of rotatable bonds is 3. The Labute approximate surface area is 111 Å². The molecule has 7 heteroatoms. The minimum Gasteiger partial charge on any atom is -0.478 e. The number of hydrogen-bond donors (Lipinski definition) is 1. The Kier molecular flexibility index (Phi) is 3.60. The normalized spacial score (nSPS) is 11.9. The molecule has 2 aromatic rings. The van der Waals surface area contributed by atoms with Crippen LogP contribution in [0, 0.1) is 0 Å². The smallest absolute Gasteiger partial charge is 0.419 e. The van der Waals surface area contributed by atoms with Crippen LogP contribution in [-0.2, 0) is 11.0 Å². The number of carboxylic acid groups (broad SMARTS) is 1. The summed E-state index contributed by atoms with van der Waals surface area (Å²) in [6, 6.07) is 6.27. The lowest BCUT2D eigenvalue weighted by molar-refractivity contribution is -0.137. The van der Waals surface area contributed by atoms with Crippen molar-refractivity contribution in [3.63, 3.8) is 0 Å². The van der Waals surface area contributed by atoms with Crippen molar-refractivity contribution in [1.29, 1.82) is 0 Å². The molecule has 0 radical (unpaired) electrons. The molecule has 104 valence electrons. The number of alkyl halides is 3. The highest BCUT2D eigenvalue weighted by molar-refractivity contribution is 5.85. The zero-order valence-electron chi connectivity index (χ0n) is 10.0. The second-order valence-corrected chi connectivity index (χ2v) is 3.93. The Morgan fingerprint density at radius 2 is 1.90 bits per heavy atom. The highest BCUT2D eigenvalue weighted by Gasteiger charge is 2.32. The molecule has 0 bridgehead atoms. The third-order valence-corrected chi connectivity index (χ3v) is 2.49. The van der Waals surface area contributed by atoms with Crippen molar-refractivity contribution < 1.29 is 23.1 Å². The van der Waals surface area contributed by atoms with E-state index < -0.39 is 17.7 Å². The van der Waals surface area contributed by atoms with Gasteiger partial charge in [-0.3, -0.25) is 0 Å². The SMILES string of the molecule is O=C(O)C=Cc1ccc(-n2cc(C(F)(F)F)cn2)cc1. The lowest BCUT2D eigenvalue weighted by atomic mass is 10.2. The number of hydrogen-bond acceptors (Lipinski definition) is 2. The predicted molar refractivity (Wildman–Crippen MR) is 65.2 cm³/mol. The molecule has 0 amide bonds. The molecule has 0 aliphatic heterocycles. The van der Waals surface area contributed by atoms with Crippen molar-refractivity contribution in [2.75, 3.05) is 0 Å². The Balaban J connectivity index is 2.22. The summed E-state index contributed by atoms with van der Waals surface area (Å²) in [4.78, 5) is 10.4. The molecule has 1 aromatic heterocycles. The van der Waals surface area contributed by atoms with Crippen LogP contribution in [0.3, 0.4) is 0 Å². The van der Waals surface area contributed by atoms with Crippen molar-refractivity contribution in [2.24, 2.45) is 0 Å². The molecule has 0 unspecified atom stereocenters. The fraction of sp³-hybridized carbons (Fsp3) is 0.0769. The molecule has 0 saturated heterocycles. The molecule has 0 aliphatic carbocycles. The monoisotopic (exact) mass is 282 g/mol. The van der Waals surface area contributed by atoms with E-state index in [0.717, 1.165) is 23.2 Å². The van der Waals surface area contributed by atoms with Crippen LogP contribution in [0.1, 0.15) is 11.1 Å². The number of aromatic nitrogens is 2. The van der Waals surface area contributed by atoms with Crippen LogP contribution in [-0.4, -0.2) is 20.9 Å². The van der Waals surface area contributed by atoms with E-state index in [2.05, 4.69) is 5.10 Å². The molecule has 0 atom stereocenters. The van der Waals surface area contributed by atoms with Gasteiger partial charge in [0.15, 0.2) is 0 Å². The second-order valence-electron chi connectivity index (χ2n) is 3.93. The fourth-order valence-electron chi connectivity index (χ4n) is 1.52. The quantitative estimate of drug-likeness (QED) is 0.880. The number of nitrogens with zero attached hydrogens (tertiary/aromatic N) is 2. The van der Waals surface area contributed by atoms with E-state index in [1.54, 1.807) is 24.3 Å². The van der Waals surface area contributed by atoms with Crippen LogP contribution >= 0.6 is 0 Å². The molecule has 1 aromatic carbocycles. The van der Waals surface area contributed by atoms with E-state index >= 15 is 0 Å². The number of benzene rings is 1. The maximum atomic E-state index is 12.4. The minimum atomic E-state index is -4.43. The van der Waals surface area contributed by atoms with Gasteiger partial charge in [0.1, 0.15) is 0 Å². The van der Waals surface area contributed by atoms with Crippen molar-refractivity contribution in [3.8, 4) is 5.69 Å². The Bertz CT molecular complexity index is 642. The standard InChI is InChI=1S/C13H9F3N2O2/c14-13(15,16)10-7-17-18(8-10)11-4-1-9(2-5-11)3-6-12(19)20/h1-8H,(H,19,20). The maximum Gasteiger partial charge on any atom is 0.419 e. The van der Waals surface area contributed by atoms with Crippen molar-refractivity contribution in [2.45, 2.75) is 6.18 Å². The Morgan fingerprint density at radius 1 is 1.25 bits per heavy atom. The summed E-state index contributed by atoms with van der Waals surface area (Å²) in [6.45, 7) is 0. The number of aliphatic carboxylic acids is 1. The first-order chi connectivity index (χ1) is 9.36. The van der Waals surface area contributed by atoms with Crippen LogP contribution < -0.4 is 0 Å². The zero-order valence-corrected chi connectivity index (χ0v) is 10.0. The summed E-state index contributed by atoms with van der Waals surface area (Å²) >= 11 is 0. The first-order valence-electron chi connectivity index (χ1n) is 5.49. The Hall–Kier alpha value is -2.57. The van der Waals surface area contributed by atoms with Gasteiger partial charge in [0, 0.05) is 12.3 Å². The van der Waals surface area contributed by atoms with Crippen LogP contribution in [0.15, 0.2) is 42.7 Å². The summed E-state index contributed by atoms with van der Waals surface area (Å²) in [7, 11) is 0. The van der Waals surface area contributed by atoms with Gasteiger partial charge < -0.3 is 5.11 Å². The van der Waals surface area contributed by atoms with Crippen LogP contribution in [0.2, 0.25) is 0 Å². The third-order valence-electron chi connectivity index (χ3n) is 2.49. The van der Waals surface area contributed by atoms with Crippen LogP contribution in [0.25, 0.3) is 11.8 Å². The summed E-state index contributed by atoms with van der Waals surface area (Å²) < 4.78 is 38.4. The molecular formula is C13H9F3N2O2. The largest absolute Gasteiger partial charge is 0.478 e. The molecule has 0 aliphatic rings. The summed E-state index contributed by atoms with van der Waals surface area (Å²) in [5.74, 6) is -1.07. The van der Waals surface area contributed by atoms with Crippen molar-refractivity contribution >= 4 is 12.0 Å². The molecule has 1 heterocycles. The van der Waals surface area contributed by atoms with Crippen LogP contribution in [0.4, 0.5) is 13.2 Å². The maximum absolute atomic E-state index is 12.4. The first-order valence-corrected chi connectivity index (χ1v) is 5.49. The van der Waals surface area contributed by atoms with Crippen molar-refractivity contribution in [1.82, 2.24) is 9.78 Å². The third kappa shape index (κ3) is 3.25. The number of halogens is 3. The van der Waals surface area contributed by atoms with Gasteiger partial charge >= 0.3 is 12.1 Å². The topological polar surface area (TPSA) is 55.1 Å². The Morgan fingerprint density at radius 3 is 2.40 bits per heavy atom. The first kappa shape index (κ1) is 13.9. The fourth-order valence-corrected chi connectivity index (χ4v) is 1.52. The lowest BCUT2D eigenvalue weighted by Gasteiger charge is -2.03. The van der Waals surface area contributed by atoms with E-state index in [-0.39, 0.29) is 0 Å². The molecular weight excluding hydrogens is 273 g/mol. The van der Waals surface area contributed by atoms with Gasteiger partial charge in [0.05, 0.1) is 17.4 Å². The number of carbonyl (C=O) groups is 1. The summed E-state index contributed by atoms with van der Waals surface area (Å²) in [6.07, 6.45) is -0.427. The van der Waals surface area contributed by atoms with E-state index in [9.17, 15) is 18.0 Å². The molecule has 0 saturated carbocycles. The minimum absolute atomic E-state index is 0.452. The molecule has 1 N–H and O–H groups in total. The second kappa shape index (κ2) is 5.20. The average Bonchev–Trinajstić information content (AvgIpc) is 2.86. The van der Waals surface area contributed by atoms with Gasteiger partial charge in [-0.25, -0.2) is 9.48 Å². The van der Waals surface area contributed by atoms with E-state index in [1.165, 1.54) is 6.08 Å². The highest BCUT2D eigenvalue weighted by atomic mass is 19.4. The van der Waals surface area contributed by atoms with Gasteiger partial charge in [-0.2, -0.15) is 18.3 Å². The van der Waals surface area contributed by atoms with Gasteiger partial charge in [0.2, 0.25) is 0 Å². The molecule has 0 fully saturated rings. The molecule has 20 heavy (non-hydrogen) atoms. The molecule has 2 rings (SSSR count). The summed E-state index contributed by atoms with van der Waals surface area (Å²) in [5.41, 5.74) is 0.250. The lowest BCUT2D eigenvalue weighted by Crippen LogP contribution is -2.02. The van der Waals surface area contributed by atoms with Gasteiger partial charge in [-0.05, 0) is 23.8 Å². The van der Waals surface area contributed by atoms with E-state index in [0.29, 0.717) is 11.3 Å². The number of carboxylic acids is 1. The van der Waals surface area contributed by atoms with Crippen LogP contribution in [0.5, 0.6) is 0 Å². The molecule has 4 nitrogen and oxygen atoms in total. The predicted octanol–water partition coefficient (Wildman–Crippen LogP) is 2.99. The summed E-state index contributed by atoms with van der Waals surface area (Å²) in [5, 5.41) is 12.1. The zero-order chi connectivity index (χ0) is 14.8.